The molecule has 0 aromatic carbocycles. The Morgan fingerprint density at radius 2 is 1.64 bits per heavy atom. The summed E-state index contributed by atoms with van der Waals surface area (Å²) < 4.78 is 5.50. The van der Waals surface area contributed by atoms with Crippen LogP contribution in [0.2, 0.25) is 0 Å². The summed E-state index contributed by atoms with van der Waals surface area (Å²) in [6.45, 7) is 17.1. The zero-order valence-electron chi connectivity index (χ0n) is 15.7. The lowest BCUT2D eigenvalue weighted by atomic mass is 9.49. The summed E-state index contributed by atoms with van der Waals surface area (Å²) in [4.78, 5) is 23.8. The summed E-state index contributed by atoms with van der Waals surface area (Å²) in [7, 11) is 0. The summed E-state index contributed by atoms with van der Waals surface area (Å²) in [6, 6.07) is 0. The number of hydrogen-bond acceptors (Lipinski definition) is 4. The van der Waals surface area contributed by atoms with E-state index in [-0.39, 0.29) is 16.8 Å². The lowest BCUT2D eigenvalue weighted by Crippen LogP contribution is -2.59. The van der Waals surface area contributed by atoms with Gasteiger partial charge in [0.2, 0.25) is 5.79 Å². The fourth-order valence-corrected chi connectivity index (χ4v) is 3.57. The van der Waals surface area contributed by atoms with Gasteiger partial charge in [-0.05, 0) is 31.1 Å². The van der Waals surface area contributed by atoms with Crippen molar-refractivity contribution in [3.05, 3.63) is 0 Å². The van der Waals surface area contributed by atoms with E-state index >= 15 is 0 Å². The zero-order valence-corrected chi connectivity index (χ0v) is 15.7. The molecule has 1 fully saturated rings. The number of hydrogen-bond donors (Lipinski definition) is 0. The average molecular weight is 314 g/mol. The lowest BCUT2D eigenvalue weighted by molar-refractivity contribution is -0.185. The Hall–Kier alpha value is -0.610. The molecule has 0 amide bonds. The first-order valence-corrected chi connectivity index (χ1v) is 8.60. The molecule has 0 bridgehead atoms. The summed E-state index contributed by atoms with van der Waals surface area (Å²) in [5.74, 6) is -1.10. The second kappa shape index (κ2) is 6.48. The fraction of sp³-hybridized carbons (Fsp3) is 0.944. The molecule has 1 rings (SSSR count). The Morgan fingerprint density at radius 1 is 1.09 bits per heavy atom. The predicted octanol–water partition coefficient (Wildman–Crippen LogP) is 4.87. The van der Waals surface area contributed by atoms with Gasteiger partial charge in [0.05, 0.1) is 6.61 Å². The van der Waals surface area contributed by atoms with Crippen LogP contribution in [0.4, 0.5) is 0 Å². The Bertz CT molecular complexity index is 396. The van der Waals surface area contributed by atoms with Crippen LogP contribution >= 0.6 is 0 Å². The Morgan fingerprint density at radius 3 is 2.00 bits per heavy atom. The molecule has 4 nitrogen and oxygen atoms in total. The highest BCUT2D eigenvalue weighted by molar-refractivity contribution is 5.79. The first-order valence-electron chi connectivity index (χ1n) is 8.60. The third-order valence-corrected chi connectivity index (χ3v) is 6.28. The second-order valence-corrected chi connectivity index (χ2v) is 7.70. The lowest BCUT2D eigenvalue weighted by Gasteiger charge is -2.53. The minimum atomic E-state index is -0.898. The summed E-state index contributed by atoms with van der Waals surface area (Å²) >= 11 is 0. The molecular formula is C18H34O4. The van der Waals surface area contributed by atoms with E-state index in [2.05, 4.69) is 41.5 Å². The molecule has 0 spiro atoms. The number of carbonyl (C=O) groups is 1. The van der Waals surface area contributed by atoms with Crippen LogP contribution in [0.25, 0.3) is 0 Å². The SMILES string of the molecule is CCCCC(C(=O)OCC)(C1(C)OO1)C(C)(C)C(C)(C)CC. The van der Waals surface area contributed by atoms with E-state index in [0.29, 0.717) is 13.0 Å². The average Bonchev–Trinajstić information content (AvgIpc) is 3.18. The Balaban J connectivity index is 3.45. The molecule has 0 aromatic heterocycles. The van der Waals surface area contributed by atoms with Gasteiger partial charge in [-0.3, -0.25) is 4.79 Å². The standard InChI is InChI=1S/C18H34O4/c1-9-12-13-18(14(19)20-11-3,17(8)21-22-17)16(6,7)15(4,5)10-2/h9-13H2,1-8H3. The smallest absolute Gasteiger partial charge is 0.318 e. The van der Waals surface area contributed by atoms with Crippen LogP contribution in [0.5, 0.6) is 0 Å². The van der Waals surface area contributed by atoms with Gasteiger partial charge in [0, 0.05) is 0 Å². The molecule has 1 saturated heterocycles. The van der Waals surface area contributed by atoms with E-state index in [0.717, 1.165) is 19.3 Å². The van der Waals surface area contributed by atoms with Crippen molar-refractivity contribution in [1.29, 1.82) is 0 Å². The first kappa shape index (κ1) is 19.4. The van der Waals surface area contributed by atoms with Crippen molar-refractivity contribution in [2.75, 3.05) is 6.61 Å². The van der Waals surface area contributed by atoms with Gasteiger partial charge in [-0.2, -0.15) is 9.78 Å². The third kappa shape index (κ3) is 2.80. The van der Waals surface area contributed by atoms with Crippen molar-refractivity contribution in [1.82, 2.24) is 0 Å². The first-order chi connectivity index (χ1) is 10.1. The van der Waals surface area contributed by atoms with Crippen molar-refractivity contribution >= 4 is 5.97 Å². The highest BCUT2D eigenvalue weighted by Crippen LogP contribution is 2.65. The maximum Gasteiger partial charge on any atom is 0.318 e. The van der Waals surface area contributed by atoms with Crippen molar-refractivity contribution in [3.63, 3.8) is 0 Å². The van der Waals surface area contributed by atoms with Crippen LogP contribution < -0.4 is 0 Å². The molecule has 4 heteroatoms. The van der Waals surface area contributed by atoms with Gasteiger partial charge < -0.3 is 4.74 Å². The summed E-state index contributed by atoms with van der Waals surface area (Å²) in [5.41, 5.74) is -1.22. The molecule has 130 valence electrons. The molecule has 1 heterocycles. The highest BCUT2D eigenvalue weighted by Gasteiger charge is 2.74. The van der Waals surface area contributed by atoms with Gasteiger partial charge in [0.25, 0.3) is 0 Å². The van der Waals surface area contributed by atoms with Gasteiger partial charge >= 0.3 is 5.97 Å². The van der Waals surface area contributed by atoms with Crippen molar-refractivity contribution < 1.29 is 19.3 Å². The molecule has 1 unspecified atom stereocenters. The van der Waals surface area contributed by atoms with E-state index in [1.165, 1.54) is 0 Å². The van der Waals surface area contributed by atoms with Crippen molar-refractivity contribution in [2.45, 2.75) is 86.9 Å². The van der Waals surface area contributed by atoms with Gasteiger partial charge in [-0.1, -0.05) is 60.8 Å². The minimum absolute atomic E-state index is 0.0637. The third-order valence-electron chi connectivity index (χ3n) is 6.28. The van der Waals surface area contributed by atoms with Gasteiger partial charge in [-0.15, -0.1) is 0 Å². The van der Waals surface area contributed by atoms with Crippen LogP contribution in [-0.4, -0.2) is 18.4 Å². The van der Waals surface area contributed by atoms with Gasteiger partial charge in [0.15, 0.2) is 0 Å². The van der Waals surface area contributed by atoms with E-state index in [4.69, 9.17) is 14.5 Å². The number of carbonyl (C=O) groups excluding carboxylic acids is 1. The molecule has 1 aliphatic rings. The fourth-order valence-electron chi connectivity index (χ4n) is 3.57. The van der Waals surface area contributed by atoms with Crippen LogP contribution in [0.15, 0.2) is 0 Å². The van der Waals surface area contributed by atoms with E-state index in [1.54, 1.807) is 0 Å². The monoisotopic (exact) mass is 314 g/mol. The van der Waals surface area contributed by atoms with Crippen molar-refractivity contribution in [3.8, 4) is 0 Å². The molecule has 0 N–H and O–H groups in total. The Kier molecular flexibility index (Phi) is 5.73. The van der Waals surface area contributed by atoms with E-state index in [9.17, 15) is 4.79 Å². The van der Waals surface area contributed by atoms with Crippen LogP contribution in [-0.2, 0) is 19.3 Å². The maximum absolute atomic E-state index is 13.1. The molecule has 0 saturated carbocycles. The Labute approximate surface area is 135 Å². The number of unbranched alkanes of at least 4 members (excludes halogenated alkanes) is 1. The van der Waals surface area contributed by atoms with E-state index in [1.807, 2.05) is 13.8 Å². The minimum Gasteiger partial charge on any atom is -0.465 e. The van der Waals surface area contributed by atoms with Crippen LogP contribution in [0.3, 0.4) is 0 Å². The molecule has 0 radical (unpaired) electrons. The number of rotatable bonds is 9. The highest BCUT2D eigenvalue weighted by atomic mass is 17.4. The zero-order chi connectivity index (χ0) is 17.2. The topological polar surface area (TPSA) is 51.4 Å². The number of esters is 1. The molecule has 0 aliphatic carbocycles. The normalized spacial score (nSPS) is 20.4. The van der Waals surface area contributed by atoms with Crippen molar-refractivity contribution in [2.24, 2.45) is 16.2 Å². The predicted molar refractivity (Wildman–Crippen MR) is 87.0 cm³/mol. The molecular weight excluding hydrogens is 280 g/mol. The second-order valence-electron chi connectivity index (χ2n) is 7.70. The van der Waals surface area contributed by atoms with Crippen LogP contribution in [0.1, 0.15) is 81.1 Å². The quantitative estimate of drug-likeness (QED) is 0.346. The number of ether oxygens (including phenoxy) is 1. The molecule has 0 aromatic rings. The summed E-state index contributed by atoms with van der Waals surface area (Å²) in [5, 5.41) is 0. The van der Waals surface area contributed by atoms with Gasteiger partial charge in [0.1, 0.15) is 5.41 Å². The molecule has 1 atom stereocenters. The van der Waals surface area contributed by atoms with Gasteiger partial charge in [-0.25, -0.2) is 0 Å². The molecule has 22 heavy (non-hydrogen) atoms. The summed E-state index contributed by atoms with van der Waals surface area (Å²) in [6.07, 6.45) is 3.61. The van der Waals surface area contributed by atoms with Crippen LogP contribution in [0, 0.1) is 16.2 Å². The maximum atomic E-state index is 13.1. The van der Waals surface area contributed by atoms with E-state index < -0.39 is 11.2 Å². The molecule has 1 aliphatic heterocycles. The largest absolute Gasteiger partial charge is 0.465 e.